The number of hydrogen-bond acceptors (Lipinski definition) is 3. The summed E-state index contributed by atoms with van der Waals surface area (Å²) < 4.78 is 0. The van der Waals surface area contributed by atoms with E-state index in [1.807, 2.05) is 6.92 Å². The molecule has 2 N–H and O–H groups in total. The molecule has 0 aliphatic carbocycles. The van der Waals surface area contributed by atoms with E-state index in [4.69, 9.17) is 5.26 Å². The van der Waals surface area contributed by atoms with Crippen LogP contribution >= 0.6 is 0 Å². The van der Waals surface area contributed by atoms with Crippen LogP contribution in [0.5, 0.6) is 0 Å². The van der Waals surface area contributed by atoms with Crippen LogP contribution in [0.2, 0.25) is 0 Å². The van der Waals surface area contributed by atoms with Crippen LogP contribution < -0.4 is 10.6 Å². The van der Waals surface area contributed by atoms with Gasteiger partial charge in [0.25, 0.3) is 0 Å². The number of hydrogen-bond donors (Lipinski definition) is 2. The number of amides is 1. The average molecular weight is 169 g/mol. The zero-order chi connectivity index (χ0) is 9.40. The van der Waals surface area contributed by atoms with Crippen molar-refractivity contribution in [1.29, 1.82) is 5.26 Å². The number of rotatable bonds is 5. The second kappa shape index (κ2) is 6.62. The van der Waals surface area contributed by atoms with E-state index in [0.717, 1.165) is 0 Å². The summed E-state index contributed by atoms with van der Waals surface area (Å²) in [5, 5.41) is 14.1. The second-order valence-corrected chi connectivity index (χ2v) is 2.72. The molecule has 0 aliphatic heterocycles. The summed E-state index contributed by atoms with van der Waals surface area (Å²) in [4.78, 5) is 10.4. The molecule has 12 heavy (non-hydrogen) atoms. The third-order valence-electron chi connectivity index (χ3n) is 1.35. The lowest BCUT2D eigenvalue weighted by Gasteiger charge is -2.05. The quantitative estimate of drug-likeness (QED) is 0.563. The number of nitrogens with zero attached hydrogens (tertiary/aromatic N) is 1. The van der Waals surface area contributed by atoms with Gasteiger partial charge in [0.1, 0.15) is 0 Å². The molecule has 0 radical (unpaired) electrons. The van der Waals surface area contributed by atoms with Gasteiger partial charge < -0.3 is 10.6 Å². The summed E-state index contributed by atoms with van der Waals surface area (Å²) >= 11 is 0. The van der Waals surface area contributed by atoms with E-state index in [-0.39, 0.29) is 11.8 Å². The van der Waals surface area contributed by atoms with Crippen LogP contribution in [0.1, 0.15) is 13.8 Å². The first kappa shape index (κ1) is 10.9. The molecule has 1 atom stereocenters. The van der Waals surface area contributed by atoms with Crippen LogP contribution in [0, 0.1) is 17.2 Å². The maximum absolute atomic E-state index is 10.4. The van der Waals surface area contributed by atoms with Gasteiger partial charge in [-0.3, -0.25) is 4.79 Å². The molecule has 0 rings (SSSR count). The lowest BCUT2D eigenvalue weighted by atomic mass is 10.2. The zero-order valence-electron chi connectivity index (χ0n) is 7.55. The molecule has 68 valence electrons. The largest absolute Gasteiger partial charge is 0.355 e. The Morgan fingerprint density at radius 3 is 2.75 bits per heavy atom. The van der Waals surface area contributed by atoms with Crippen LogP contribution in [-0.4, -0.2) is 25.5 Å². The highest BCUT2D eigenvalue weighted by atomic mass is 16.1. The minimum Gasteiger partial charge on any atom is -0.355 e. The van der Waals surface area contributed by atoms with E-state index < -0.39 is 0 Å². The molecule has 0 saturated carbocycles. The minimum atomic E-state index is -0.0230. The van der Waals surface area contributed by atoms with Gasteiger partial charge in [0.15, 0.2) is 0 Å². The van der Waals surface area contributed by atoms with Crippen LogP contribution in [0.3, 0.4) is 0 Å². The normalized spacial score (nSPS) is 11.8. The van der Waals surface area contributed by atoms with Crippen molar-refractivity contribution in [2.45, 2.75) is 13.8 Å². The van der Waals surface area contributed by atoms with Gasteiger partial charge in [-0.05, 0) is 6.92 Å². The smallest absolute Gasteiger partial charge is 0.216 e. The van der Waals surface area contributed by atoms with Gasteiger partial charge in [-0.25, -0.2) is 0 Å². The number of nitrogens with one attached hydrogen (secondary N) is 2. The van der Waals surface area contributed by atoms with Gasteiger partial charge in [-0.2, -0.15) is 5.26 Å². The Hall–Kier alpha value is -1.08. The zero-order valence-corrected chi connectivity index (χ0v) is 7.55. The summed E-state index contributed by atoms with van der Waals surface area (Å²) in [6.45, 7) is 5.35. The van der Waals surface area contributed by atoms with Crippen molar-refractivity contribution in [3.05, 3.63) is 0 Å². The summed E-state index contributed by atoms with van der Waals surface area (Å²) in [6.07, 6.45) is 0. The van der Waals surface area contributed by atoms with Crippen molar-refractivity contribution in [1.82, 2.24) is 10.6 Å². The van der Waals surface area contributed by atoms with E-state index in [1.165, 1.54) is 6.92 Å². The fourth-order valence-corrected chi connectivity index (χ4v) is 0.691. The number of carbonyl (C=O) groups is 1. The van der Waals surface area contributed by atoms with E-state index in [2.05, 4.69) is 16.7 Å². The summed E-state index contributed by atoms with van der Waals surface area (Å²) in [5.74, 6) is 0.00691. The number of carbonyl (C=O) groups excluding carboxylic acids is 1. The molecule has 4 heteroatoms. The summed E-state index contributed by atoms with van der Waals surface area (Å²) in [5.41, 5.74) is 0. The highest BCUT2D eigenvalue weighted by molar-refractivity contribution is 5.72. The molecular formula is C8H15N3O. The van der Waals surface area contributed by atoms with E-state index >= 15 is 0 Å². The minimum absolute atomic E-state index is 0.0230. The third kappa shape index (κ3) is 7.03. The predicted octanol–water partition coefficient (Wildman–Crippen LogP) is -0.128. The van der Waals surface area contributed by atoms with Crippen LogP contribution in [0.15, 0.2) is 0 Å². The first-order valence-corrected chi connectivity index (χ1v) is 4.01. The van der Waals surface area contributed by atoms with Gasteiger partial charge >= 0.3 is 0 Å². The molecule has 0 spiro atoms. The number of nitriles is 1. The van der Waals surface area contributed by atoms with Crippen molar-refractivity contribution in [2.24, 2.45) is 5.92 Å². The Morgan fingerprint density at radius 2 is 2.25 bits per heavy atom. The highest BCUT2D eigenvalue weighted by Gasteiger charge is 1.96. The maximum atomic E-state index is 10.4. The van der Waals surface area contributed by atoms with E-state index in [9.17, 15) is 4.79 Å². The first-order chi connectivity index (χ1) is 5.66. The second-order valence-electron chi connectivity index (χ2n) is 2.72. The van der Waals surface area contributed by atoms with Crippen molar-refractivity contribution < 1.29 is 4.79 Å². The van der Waals surface area contributed by atoms with E-state index in [0.29, 0.717) is 19.6 Å². The Morgan fingerprint density at radius 1 is 1.58 bits per heavy atom. The fourth-order valence-electron chi connectivity index (χ4n) is 0.691. The lowest BCUT2D eigenvalue weighted by molar-refractivity contribution is -0.118. The van der Waals surface area contributed by atoms with Gasteiger partial charge in [0, 0.05) is 26.6 Å². The molecular weight excluding hydrogens is 154 g/mol. The standard InChI is InChI=1S/C8H15N3O/c1-7(5-9)6-10-3-4-11-8(2)12/h7,10H,3-4,6H2,1-2H3,(H,11,12). The Labute approximate surface area is 72.9 Å². The van der Waals surface area contributed by atoms with Crippen molar-refractivity contribution in [2.75, 3.05) is 19.6 Å². The Bertz CT molecular complexity index is 174. The molecule has 0 saturated heterocycles. The van der Waals surface area contributed by atoms with Gasteiger partial charge in [0.05, 0.1) is 12.0 Å². The van der Waals surface area contributed by atoms with Crippen LogP contribution in [0.25, 0.3) is 0 Å². The lowest BCUT2D eigenvalue weighted by Crippen LogP contribution is -2.32. The molecule has 1 amide bonds. The van der Waals surface area contributed by atoms with Crippen molar-refractivity contribution in [3.8, 4) is 6.07 Å². The maximum Gasteiger partial charge on any atom is 0.216 e. The molecule has 0 heterocycles. The summed E-state index contributed by atoms with van der Waals surface area (Å²) in [7, 11) is 0. The molecule has 0 aromatic rings. The third-order valence-corrected chi connectivity index (χ3v) is 1.35. The fraction of sp³-hybridized carbons (Fsp3) is 0.750. The molecule has 0 aliphatic rings. The molecule has 0 aromatic carbocycles. The molecule has 0 fully saturated rings. The molecule has 0 bridgehead atoms. The van der Waals surface area contributed by atoms with Crippen LogP contribution in [-0.2, 0) is 4.79 Å². The first-order valence-electron chi connectivity index (χ1n) is 4.01. The highest BCUT2D eigenvalue weighted by Crippen LogP contribution is 1.85. The Balaban J connectivity index is 3.12. The van der Waals surface area contributed by atoms with Crippen LogP contribution in [0.4, 0.5) is 0 Å². The summed E-state index contributed by atoms with van der Waals surface area (Å²) in [6, 6.07) is 2.11. The van der Waals surface area contributed by atoms with Gasteiger partial charge in [-0.15, -0.1) is 0 Å². The molecule has 1 unspecified atom stereocenters. The van der Waals surface area contributed by atoms with E-state index in [1.54, 1.807) is 0 Å². The van der Waals surface area contributed by atoms with Crippen molar-refractivity contribution in [3.63, 3.8) is 0 Å². The monoisotopic (exact) mass is 169 g/mol. The van der Waals surface area contributed by atoms with Gasteiger partial charge in [-0.1, -0.05) is 0 Å². The SMILES string of the molecule is CC(=O)NCCNCC(C)C#N. The molecule has 4 nitrogen and oxygen atoms in total. The average Bonchev–Trinajstić information content (AvgIpc) is 2.03. The van der Waals surface area contributed by atoms with Crippen molar-refractivity contribution >= 4 is 5.91 Å². The Kier molecular flexibility index (Phi) is 6.02. The van der Waals surface area contributed by atoms with Gasteiger partial charge in [0.2, 0.25) is 5.91 Å². The molecule has 0 aromatic heterocycles. The predicted molar refractivity (Wildman–Crippen MR) is 46.3 cm³/mol. The topological polar surface area (TPSA) is 64.9 Å².